The van der Waals surface area contributed by atoms with E-state index in [9.17, 15) is 4.79 Å². The van der Waals surface area contributed by atoms with Crippen LogP contribution in [0.4, 0.5) is 0 Å². The molecule has 0 radical (unpaired) electrons. The van der Waals surface area contributed by atoms with Crippen molar-refractivity contribution < 1.29 is 9.53 Å². The van der Waals surface area contributed by atoms with E-state index in [2.05, 4.69) is 13.8 Å². The van der Waals surface area contributed by atoms with Crippen LogP contribution >= 0.6 is 0 Å². The Labute approximate surface area is 86.0 Å². The highest BCUT2D eigenvalue weighted by atomic mass is 16.6. The number of carbonyl (C=O) groups is 1. The Morgan fingerprint density at radius 2 is 1.93 bits per heavy atom. The number of hydrogen-bond donors (Lipinski definition) is 0. The molecular formula is C12H20O2. The molecular weight excluding hydrogens is 176 g/mol. The zero-order valence-electron chi connectivity index (χ0n) is 9.27. The fraction of sp³-hybridized carbons (Fsp3) is 0.917. The van der Waals surface area contributed by atoms with Crippen LogP contribution < -0.4 is 0 Å². The minimum absolute atomic E-state index is 0.0434. The Bertz CT molecular complexity index is 241. The third kappa shape index (κ3) is 1.45. The monoisotopic (exact) mass is 196 g/mol. The zero-order chi connectivity index (χ0) is 10.2. The van der Waals surface area contributed by atoms with Crippen LogP contribution in [0.2, 0.25) is 0 Å². The van der Waals surface area contributed by atoms with Crippen LogP contribution in [-0.4, -0.2) is 11.6 Å². The maximum atomic E-state index is 11.8. The second kappa shape index (κ2) is 3.25. The van der Waals surface area contributed by atoms with Crippen LogP contribution in [-0.2, 0) is 9.53 Å². The summed E-state index contributed by atoms with van der Waals surface area (Å²) >= 11 is 0. The zero-order valence-corrected chi connectivity index (χ0v) is 9.27. The van der Waals surface area contributed by atoms with Crippen LogP contribution in [0.5, 0.6) is 0 Å². The lowest BCUT2D eigenvalue weighted by atomic mass is 9.74. The van der Waals surface area contributed by atoms with Crippen molar-refractivity contribution in [2.24, 2.45) is 5.41 Å². The molecule has 80 valence electrons. The molecule has 2 nitrogen and oxygen atoms in total. The number of hydrogen-bond acceptors (Lipinski definition) is 2. The molecule has 1 spiro atoms. The van der Waals surface area contributed by atoms with Gasteiger partial charge in [-0.2, -0.15) is 0 Å². The molecule has 0 aromatic carbocycles. The van der Waals surface area contributed by atoms with Gasteiger partial charge in [0.05, 0.1) is 5.41 Å². The second-order valence-corrected chi connectivity index (χ2v) is 5.22. The van der Waals surface area contributed by atoms with Gasteiger partial charge >= 0.3 is 5.97 Å². The Kier molecular flexibility index (Phi) is 2.32. The lowest BCUT2D eigenvalue weighted by Gasteiger charge is -2.32. The molecule has 1 atom stereocenters. The van der Waals surface area contributed by atoms with Crippen molar-refractivity contribution in [3.8, 4) is 0 Å². The Morgan fingerprint density at radius 3 is 2.43 bits per heavy atom. The first kappa shape index (κ1) is 10.0. The first-order chi connectivity index (χ1) is 6.60. The first-order valence-electron chi connectivity index (χ1n) is 5.84. The van der Waals surface area contributed by atoms with Crippen LogP contribution in [0.1, 0.15) is 58.8 Å². The van der Waals surface area contributed by atoms with Gasteiger partial charge in [0.1, 0.15) is 5.60 Å². The van der Waals surface area contributed by atoms with Gasteiger partial charge in [0, 0.05) is 6.42 Å². The van der Waals surface area contributed by atoms with E-state index >= 15 is 0 Å². The molecule has 1 aliphatic heterocycles. The average Bonchev–Trinajstić information content (AvgIpc) is 2.41. The summed E-state index contributed by atoms with van der Waals surface area (Å²) in [6.45, 7) is 4.14. The van der Waals surface area contributed by atoms with Crippen LogP contribution in [0, 0.1) is 5.41 Å². The number of rotatable bonds is 1. The minimum Gasteiger partial charge on any atom is -0.459 e. The molecule has 0 bridgehead atoms. The molecule has 0 amide bonds. The quantitative estimate of drug-likeness (QED) is 0.602. The minimum atomic E-state index is -0.197. The molecule has 1 saturated heterocycles. The predicted molar refractivity (Wildman–Crippen MR) is 54.9 cm³/mol. The molecule has 0 aromatic heterocycles. The summed E-state index contributed by atoms with van der Waals surface area (Å²) in [5, 5.41) is 0. The summed E-state index contributed by atoms with van der Waals surface area (Å²) in [6, 6.07) is 0. The van der Waals surface area contributed by atoms with Crippen molar-refractivity contribution in [3.05, 3.63) is 0 Å². The average molecular weight is 196 g/mol. The van der Waals surface area contributed by atoms with E-state index in [1.807, 2.05) is 0 Å². The smallest absolute Gasteiger partial charge is 0.312 e. The fourth-order valence-corrected chi connectivity index (χ4v) is 2.88. The van der Waals surface area contributed by atoms with Crippen molar-refractivity contribution >= 4 is 5.97 Å². The standard InChI is InChI=1S/C12H20O2/c1-3-11(2)9-12(14-10(11)13)7-5-4-6-8-12/h3-9H2,1-2H3. The van der Waals surface area contributed by atoms with Gasteiger partial charge in [-0.05, 0) is 39.0 Å². The molecule has 1 saturated carbocycles. The molecule has 2 heteroatoms. The lowest BCUT2D eigenvalue weighted by molar-refractivity contribution is -0.155. The maximum absolute atomic E-state index is 11.8. The van der Waals surface area contributed by atoms with Crippen molar-refractivity contribution in [1.82, 2.24) is 0 Å². The van der Waals surface area contributed by atoms with E-state index in [4.69, 9.17) is 4.74 Å². The molecule has 0 aromatic rings. The van der Waals surface area contributed by atoms with Crippen LogP contribution in [0.3, 0.4) is 0 Å². The molecule has 1 unspecified atom stereocenters. The summed E-state index contributed by atoms with van der Waals surface area (Å²) in [5.41, 5.74) is -0.266. The third-order valence-electron chi connectivity index (χ3n) is 4.06. The number of ether oxygens (including phenoxy) is 1. The number of carbonyl (C=O) groups excluding carboxylic acids is 1. The third-order valence-corrected chi connectivity index (χ3v) is 4.06. The molecule has 1 heterocycles. The Morgan fingerprint density at radius 1 is 1.29 bits per heavy atom. The van der Waals surface area contributed by atoms with Gasteiger partial charge in [0.2, 0.25) is 0 Å². The van der Waals surface area contributed by atoms with Crippen LogP contribution in [0.25, 0.3) is 0 Å². The maximum Gasteiger partial charge on any atom is 0.312 e. The molecule has 2 fully saturated rings. The summed E-state index contributed by atoms with van der Waals surface area (Å²) in [7, 11) is 0. The van der Waals surface area contributed by atoms with Gasteiger partial charge < -0.3 is 4.74 Å². The highest BCUT2D eigenvalue weighted by Gasteiger charge is 2.52. The molecule has 14 heavy (non-hydrogen) atoms. The van der Waals surface area contributed by atoms with E-state index < -0.39 is 0 Å². The van der Waals surface area contributed by atoms with Crippen LogP contribution in [0.15, 0.2) is 0 Å². The summed E-state index contributed by atoms with van der Waals surface area (Å²) in [6.07, 6.45) is 7.81. The summed E-state index contributed by atoms with van der Waals surface area (Å²) in [5.74, 6) is 0.0434. The van der Waals surface area contributed by atoms with Gasteiger partial charge in [-0.1, -0.05) is 13.3 Å². The Balaban J connectivity index is 2.14. The van der Waals surface area contributed by atoms with Crippen molar-refractivity contribution in [3.63, 3.8) is 0 Å². The first-order valence-corrected chi connectivity index (χ1v) is 5.84. The Hall–Kier alpha value is -0.530. The lowest BCUT2D eigenvalue weighted by Crippen LogP contribution is -2.31. The van der Waals surface area contributed by atoms with Gasteiger partial charge in [-0.3, -0.25) is 4.79 Å². The van der Waals surface area contributed by atoms with Crippen molar-refractivity contribution in [2.45, 2.75) is 64.4 Å². The SMILES string of the molecule is CCC1(C)CC2(CCCCC2)OC1=O. The predicted octanol–water partition coefficient (Wildman–Crippen LogP) is 3.05. The highest BCUT2D eigenvalue weighted by molar-refractivity contribution is 5.79. The molecule has 2 aliphatic rings. The fourth-order valence-electron chi connectivity index (χ4n) is 2.88. The molecule has 1 aliphatic carbocycles. The second-order valence-electron chi connectivity index (χ2n) is 5.22. The van der Waals surface area contributed by atoms with E-state index in [1.54, 1.807) is 0 Å². The van der Waals surface area contributed by atoms with Gasteiger partial charge in [0.25, 0.3) is 0 Å². The summed E-state index contributed by atoms with van der Waals surface area (Å²) in [4.78, 5) is 11.8. The van der Waals surface area contributed by atoms with Gasteiger partial charge in [-0.25, -0.2) is 0 Å². The largest absolute Gasteiger partial charge is 0.459 e. The molecule has 0 N–H and O–H groups in total. The molecule has 2 rings (SSSR count). The van der Waals surface area contributed by atoms with Gasteiger partial charge in [-0.15, -0.1) is 0 Å². The number of esters is 1. The topological polar surface area (TPSA) is 26.3 Å². The van der Waals surface area contributed by atoms with Crippen molar-refractivity contribution in [2.75, 3.05) is 0 Å². The van der Waals surface area contributed by atoms with E-state index in [1.165, 1.54) is 19.3 Å². The van der Waals surface area contributed by atoms with Gasteiger partial charge in [0.15, 0.2) is 0 Å². The van der Waals surface area contributed by atoms with E-state index in [0.29, 0.717) is 0 Å². The normalized spacial score (nSPS) is 36.0. The van der Waals surface area contributed by atoms with E-state index in [0.717, 1.165) is 25.7 Å². The van der Waals surface area contributed by atoms with Crippen molar-refractivity contribution in [1.29, 1.82) is 0 Å². The van der Waals surface area contributed by atoms with E-state index in [-0.39, 0.29) is 17.0 Å². The highest BCUT2D eigenvalue weighted by Crippen LogP contribution is 2.49. The summed E-state index contributed by atoms with van der Waals surface area (Å²) < 4.78 is 5.66.